The van der Waals surface area contributed by atoms with E-state index < -0.39 is 24.9 Å². The Balaban J connectivity index is 3.83. The first-order valence-electron chi connectivity index (χ1n) is 3.24. The summed E-state index contributed by atoms with van der Waals surface area (Å²) in [5.74, 6) is -0.467. The third kappa shape index (κ3) is 3.87. The average molecular weight is 166 g/mol. The Labute approximate surface area is 64.2 Å². The normalized spacial score (nSPS) is 13.3. The van der Waals surface area contributed by atoms with Crippen molar-refractivity contribution < 1.29 is 13.6 Å². The fourth-order valence-corrected chi connectivity index (χ4v) is 0.645. The zero-order chi connectivity index (χ0) is 9.02. The predicted molar refractivity (Wildman–Crippen MR) is 37.3 cm³/mol. The topological polar surface area (TPSA) is 46.3 Å². The van der Waals surface area contributed by atoms with E-state index in [1.54, 1.807) is 0 Å². The van der Waals surface area contributed by atoms with Crippen LogP contribution in [0.5, 0.6) is 0 Å². The second-order valence-electron chi connectivity index (χ2n) is 2.40. The predicted octanol–water partition coefficient (Wildman–Crippen LogP) is 0.0571. The molecule has 0 aromatic heterocycles. The molecule has 0 aliphatic heterocycles. The molecular formula is C6H12F2N2O. The van der Waals surface area contributed by atoms with Gasteiger partial charge in [0.15, 0.2) is 0 Å². The van der Waals surface area contributed by atoms with Gasteiger partial charge in [0.2, 0.25) is 5.91 Å². The standard InChI is InChI=1S/C6H12F2N2O/c1-4(9)6(11)10(2)3-5(7)8/h4-5H,3,9H2,1-2H3. The minimum absolute atomic E-state index is 0.467. The van der Waals surface area contributed by atoms with Gasteiger partial charge in [0, 0.05) is 7.05 Å². The minimum atomic E-state index is -2.50. The second-order valence-corrected chi connectivity index (χ2v) is 2.40. The number of nitrogens with zero attached hydrogens (tertiary/aromatic N) is 1. The Bertz CT molecular complexity index is 139. The van der Waals surface area contributed by atoms with Gasteiger partial charge in [-0.25, -0.2) is 8.78 Å². The van der Waals surface area contributed by atoms with Gasteiger partial charge in [-0.2, -0.15) is 0 Å². The van der Waals surface area contributed by atoms with Crippen LogP contribution in [0.2, 0.25) is 0 Å². The van der Waals surface area contributed by atoms with E-state index in [0.717, 1.165) is 4.90 Å². The molecule has 0 aliphatic carbocycles. The minimum Gasteiger partial charge on any atom is -0.339 e. The average Bonchev–Trinajstić information content (AvgIpc) is 1.84. The van der Waals surface area contributed by atoms with Crippen LogP contribution in [0.15, 0.2) is 0 Å². The van der Waals surface area contributed by atoms with E-state index in [9.17, 15) is 13.6 Å². The van der Waals surface area contributed by atoms with Crippen LogP contribution in [-0.4, -0.2) is 36.9 Å². The molecule has 0 fully saturated rings. The summed E-state index contributed by atoms with van der Waals surface area (Å²) in [5, 5.41) is 0. The highest BCUT2D eigenvalue weighted by atomic mass is 19.3. The number of alkyl halides is 2. The number of rotatable bonds is 3. The molecule has 0 spiro atoms. The van der Waals surface area contributed by atoms with Crippen molar-refractivity contribution in [2.45, 2.75) is 19.4 Å². The molecule has 0 saturated carbocycles. The lowest BCUT2D eigenvalue weighted by molar-refractivity contribution is -0.132. The van der Waals surface area contributed by atoms with Crippen LogP contribution >= 0.6 is 0 Å². The van der Waals surface area contributed by atoms with Crippen LogP contribution < -0.4 is 5.73 Å². The molecule has 0 aromatic rings. The van der Waals surface area contributed by atoms with Gasteiger partial charge in [0.1, 0.15) is 0 Å². The molecule has 0 aliphatic rings. The molecule has 1 amide bonds. The Kier molecular flexibility index (Phi) is 3.95. The fraction of sp³-hybridized carbons (Fsp3) is 0.833. The highest BCUT2D eigenvalue weighted by Gasteiger charge is 2.16. The molecule has 0 saturated heterocycles. The van der Waals surface area contributed by atoms with Crippen LogP contribution in [-0.2, 0) is 4.79 Å². The quantitative estimate of drug-likeness (QED) is 0.644. The van der Waals surface area contributed by atoms with Gasteiger partial charge < -0.3 is 10.6 Å². The number of carbonyl (C=O) groups is 1. The van der Waals surface area contributed by atoms with E-state index in [4.69, 9.17) is 5.73 Å². The van der Waals surface area contributed by atoms with Crippen molar-refractivity contribution in [3.8, 4) is 0 Å². The van der Waals surface area contributed by atoms with Crippen LogP contribution in [0.3, 0.4) is 0 Å². The zero-order valence-electron chi connectivity index (χ0n) is 6.55. The molecule has 0 bridgehead atoms. The van der Waals surface area contributed by atoms with E-state index in [0.29, 0.717) is 0 Å². The number of halogens is 2. The Hall–Kier alpha value is -0.710. The van der Waals surface area contributed by atoms with Gasteiger partial charge in [-0.1, -0.05) is 0 Å². The zero-order valence-corrected chi connectivity index (χ0v) is 6.55. The summed E-state index contributed by atoms with van der Waals surface area (Å²) in [7, 11) is 1.30. The van der Waals surface area contributed by atoms with E-state index >= 15 is 0 Å². The summed E-state index contributed by atoms with van der Waals surface area (Å²) < 4.78 is 23.3. The first-order valence-corrected chi connectivity index (χ1v) is 3.24. The van der Waals surface area contributed by atoms with Crippen LogP contribution in [0.4, 0.5) is 8.78 Å². The maximum atomic E-state index is 11.7. The first-order chi connectivity index (χ1) is 4.95. The molecule has 66 valence electrons. The van der Waals surface area contributed by atoms with Crippen molar-refractivity contribution in [3.05, 3.63) is 0 Å². The molecule has 11 heavy (non-hydrogen) atoms. The molecule has 1 unspecified atom stereocenters. The lowest BCUT2D eigenvalue weighted by Gasteiger charge is -2.18. The molecule has 1 atom stereocenters. The smallest absolute Gasteiger partial charge is 0.255 e. The number of carbonyl (C=O) groups excluding carboxylic acids is 1. The first kappa shape index (κ1) is 10.3. The molecule has 0 aromatic carbocycles. The maximum Gasteiger partial charge on any atom is 0.255 e. The van der Waals surface area contributed by atoms with Gasteiger partial charge in [-0.3, -0.25) is 4.79 Å². The lowest BCUT2D eigenvalue weighted by Crippen LogP contribution is -2.41. The summed E-state index contributed by atoms with van der Waals surface area (Å²) in [4.78, 5) is 11.8. The second kappa shape index (κ2) is 4.23. The lowest BCUT2D eigenvalue weighted by atomic mass is 10.3. The Morgan fingerprint density at radius 3 is 2.36 bits per heavy atom. The largest absolute Gasteiger partial charge is 0.339 e. The highest BCUT2D eigenvalue weighted by Crippen LogP contribution is 1.97. The van der Waals surface area contributed by atoms with Crippen molar-refractivity contribution >= 4 is 5.91 Å². The fourth-order valence-electron chi connectivity index (χ4n) is 0.645. The number of likely N-dealkylation sites (N-methyl/N-ethyl adjacent to an activating group) is 1. The van der Waals surface area contributed by atoms with E-state index in [-0.39, 0.29) is 0 Å². The van der Waals surface area contributed by atoms with Gasteiger partial charge in [-0.05, 0) is 6.92 Å². The van der Waals surface area contributed by atoms with Crippen molar-refractivity contribution in [1.29, 1.82) is 0 Å². The summed E-state index contributed by atoms with van der Waals surface area (Å²) in [6.45, 7) is 0.907. The van der Waals surface area contributed by atoms with E-state index in [1.807, 2.05) is 0 Å². The number of hydrogen-bond donors (Lipinski definition) is 1. The van der Waals surface area contributed by atoms with Crippen molar-refractivity contribution in [1.82, 2.24) is 4.90 Å². The highest BCUT2D eigenvalue weighted by molar-refractivity contribution is 5.80. The third-order valence-corrected chi connectivity index (χ3v) is 1.18. The number of hydrogen-bond acceptors (Lipinski definition) is 2. The molecule has 5 heteroatoms. The molecule has 2 N–H and O–H groups in total. The maximum absolute atomic E-state index is 11.7. The third-order valence-electron chi connectivity index (χ3n) is 1.18. The SMILES string of the molecule is CC(N)C(=O)N(C)CC(F)F. The molecule has 0 radical (unpaired) electrons. The Morgan fingerprint density at radius 2 is 2.09 bits per heavy atom. The Morgan fingerprint density at radius 1 is 1.64 bits per heavy atom. The van der Waals surface area contributed by atoms with Gasteiger partial charge in [0.05, 0.1) is 12.6 Å². The van der Waals surface area contributed by atoms with Gasteiger partial charge in [-0.15, -0.1) is 0 Å². The molecular weight excluding hydrogens is 154 g/mol. The van der Waals surface area contributed by atoms with Crippen molar-refractivity contribution in [3.63, 3.8) is 0 Å². The summed E-state index contributed by atoms with van der Waals surface area (Å²) in [6.07, 6.45) is -2.50. The molecule has 0 heterocycles. The molecule has 3 nitrogen and oxygen atoms in total. The number of amides is 1. The van der Waals surface area contributed by atoms with Crippen LogP contribution in [0.25, 0.3) is 0 Å². The van der Waals surface area contributed by atoms with Crippen LogP contribution in [0, 0.1) is 0 Å². The summed E-state index contributed by atoms with van der Waals surface area (Å²) >= 11 is 0. The number of nitrogens with two attached hydrogens (primary N) is 1. The van der Waals surface area contributed by atoms with E-state index in [2.05, 4.69) is 0 Å². The molecule has 0 rings (SSSR count). The van der Waals surface area contributed by atoms with Crippen molar-refractivity contribution in [2.24, 2.45) is 5.73 Å². The van der Waals surface area contributed by atoms with Gasteiger partial charge >= 0.3 is 0 Å². The van der Waals surface area contributed by atoms with Crippen LogP contribution in [0.1, 0.15) is 6.92 Å². The summed E-state index contributed by atoms with van der Waals surface area (Å²) in [5.41, 5.74) is 5.18. The monoisotopic (exact) mass is 166 g/mol. The summed E-state index contributed by atoms with van der Waals surface area (Å²) in [6, 6.07) is -0.709. The van der Waals surface area contributed by atoms with Gasteiger partial charge in [0.25, 0.3) is 6.43 Å². The van der Waals surface area contributed by atoms with Crippen molar-refractivity contribution in [2.75, 3.05) is 13.6 Å². The van der Waals surface area contributed by atoms with E-state index in [1.165, 1.54) is 14.0 Å².